The van der Waals surface area contributed by atoms with Gasteiger partial charge in [0.25, 0.3) is 0 Å². The summed E-state index contributed by atoms with van der Waals surface area (Å²) in [5, 5.41) is 0. The van der Waals surface area contributed by atoms with Crippen molar-refractivity contribution in [2.45, 2.75) is 107 Å². The Bertz CT molecular complexity index is 2310. The quantitative estimate of drug-likeness (QED) is 0.0634. The second kappa shape index (κ2) is 22.9. The van der Waals surface area contributed by atoms with Gasteiger partial charge in [0.2, 0.25) is 0 Å². The Morgan fingerprint density at radius 2 is 1.12 bits per heavy atom. The number of benzene rings is 4. The summed E-state index contributed by atoms with van der Waals surface area (Å²) in [6.45, 7) is 8.32. The highest BCUT2D eigenvalue weighted by Crippen LogP contribution is 2.40. The van der Waals surface area contributed by atoms with Gasteiger partial charge in [-0.05, 0) is 54.6 Å². The molecule has 0 N–H and O–H groups in total. The van der Waals surface area contributed by atoms with E-state index in [1.54, 1.807) is 103 Å². The van der Waals surface area contributed by atoms with Crippen LogP contribution in [0.3, 0.4) is 0 Å². The molecule has 0 radical (unpaired) electrons. The lowest BCUT2D eigenvalue weighted by atomic mass is 9.95. The van der Waals surface area contributed by atoms with Gasteiger partial charge >= 0.3 is 29.8 Å². The molecule has 0 spiro atoms. The zero-order valence-corrected chi connectivity index (χ0v) is 39.6. The third kappa shape index (κ3) is 13.0. The van der Waals surface area contributed by atoms with Gasteiger partial charge in [-0.1, -0.05) is 86.4 Å². The average Bonchev–Trinajstić information content (AvgIpc) is 3.33. The van der Waals surface area contributed by atoms with Crippen molar-refractivity contribution in [2.75, 3.05) is 26.9 Å². The molecular weight excluding hydrogens is 901 g/mol. The predicted molar refractivity (Wildman–Crippen MR) is 242 cm³/mol. The lowest BCUT2D eigenvalue weighted by Crippen LogP contribution is -2.68. The molecule has 68 heavy (non-hydrogen) atoms. The number of ether oxygens (including phenoxy) is 12. The first-order valence-electron chi connectivity index (χ1n) is 22.2. The van der Waals surface area contributed by atoms with Crippen LogP contribution in [-0.2, 0) is 61.7 Å². The molecule has 3 saturated heterocycles. The minimum absolute atomic E-state index is 0.123. The Labute approximate surface area is 395 Å². The minimum atomic E-state index is -1.73. The summed E-state index contributed by atoms with van der Waals surface area (Å²) in [7, 11) is -0.193. The number of hydrogen-bond acceptors (Lipinski definition) is 17. The van der Waals surface area contributed by atoms with Gasteiger partial charge in [-0.25, -0.2) is 14.4 Å². The molecule has 3 aliphatic rings. The highest BCUT2D eigenvalue weighted by molar-refractivity contribution is 6.76. The molecular formula is C50H56O17Si. The number of hydrogen-bond donors (Lipinski definition) is 0. The second-order valence-corrected chi connectivity index (χ2v) is 23.1. The molecule has 0 amide bonds. The standard InChI is InChI=1S/C50H56O17Si/c1-30(51)60-41-39-38(29-59-48(66-39)35-22-24-36(56-3)25-23-35)63-50(44(41)61-31(2)52)67-40-37(28-58-45(53)32-16-10-7-11-17-32)62-49(57-26-27-68(4,5)6)43(65-47(55)34-20-14-9-15-21-34)42(40)64-46(54)33-18-12-8-13-19-33/h7-25,37-44,48-50H,26-29H2,1-6H3/t37-,38-,39+,40+,41+,42+,43-,44-,48+,49-,50-/m1/s1. The summed E-state index contributed by atoms with van der Waals surface area (Å²) in [6.07, 6.45) is -15.1. The number of carbonyl (C=O) groups is 5. The van der Waals surface area contributed by atoms with E-state index in [4.69, 9.17) is 56.8 Å². The molecule has 0 unspecified atom stereocenters. The van der Waals surface area contributed by atoms with Crippen molar-refractivity contribution in [3.05, 3.63) is 138 Å². The zero-order chi connectivity index (χ0) is 48.4. The zero-order valence-electron chi connectivity index (χ0n) is 38.6. The van der Waals surface area contributed by atoms with Gasteiger partial charge in [0.15, 0.2) is 43.3 Å². The summed E-state index contributed by atoms with van der Waals surface area (Å²) in [6, 6.07) is 32.1. The van der Waals surface area contributed by atoms with E-state index < -0.39 is 112 Å². The molecule has 4 aromatic carbocycles. The van der Waals surface area contributed by atoms with Crippen LogP contribution in [0.2, 0.25) is 25.7 Å². The third-order valence-corrected chi connectivity index (χ3v) is 12.9. The Kier molecular flexibility index (Phi) is 16.8. The van der Waals surface area contributed by atoms with Crippen LogP contribution in [0.5, 0.6) is 5.75 Å². The van der Waals surface area contributed by atoms with Gasteiger partial charge in [-0.2, -0.15) is 0 Å². The van der Waals surface area contributed by atoms with E-state index in [9.17, 15) is 24.0 Å². The maximum absolute atomic E-state index is 14.2. The fourth-order valence-corrected chi connectivity index (χ4v) is 8.51. The van der Waals surface area contributed by atoms with E-state index in [1.807, 2.05) is 0 Å². The van der Waals surface area contributed by atoms with Gasteiger partial charge in [-0.15, -0.1) is 0 Å². The smallest absolute Gasteiger partial charge is 0.338 e. The predicted octanol–water partition coefficient (Wildman–Crippen LogP) is 6.47. The van der Waals surface area contributed by atoms with Crippen molar-refractivity contribution in [2.24, 2.45) is 0 Å². The van der Waals surface area contributed by atoms with Crippen LogP contribution in [0, 0.1) is 0 Å². The van der Waals surface area contributed by atoms with Crippen molar-refractivity contribution in [1.82, 2.24) is 0 Å². The number of rotatable bonds is 17. The molecule has 3 fully saturated rings. The average molecular weight is 957 g/mol. The van der Waals surface area contributed by atoms with E-state index in [0.717, 1.165) is 6.92 Å². The number of methoxy groups -OCH3 is 1. The summed E-state index contributed by atoms with van der Waals surface area (Å²) in [5.41, 5.74) is 1.16. The maximum Gasteiger partial charge on any atom is 0.338 e. The topological polar surface area (TPSA) is 196 Å². The fourth-order valence-electron chi connectivity index (χ4n) is 7.78. The highest BCUT2D eigenvalue weighted by atomic mass is 28.3. The molecule has 0 saturated carbocycles. The van der Waals surface area contributed by atoms with Crippen LogP contribution in [0.15, 0.2) is 115 Å². The van der Waals surface area contributed by atoms with E-state index in [2.05, 4.69) is 19.6 Å². The minimum Gasteiger partial charge on any atom is -0.497 e. The largest absolute Gasteiger partial charge is 0.497 e. The number of fused-ring (bicyclic) bond motifs is 1. The molecule has 7 rings (SSSR count). The van der Waals surface area contributed by atoms with E-state index >= 15 is 0 Å². The van der Waals surface area contributed by atoms with Crippen molar-refractivity contribution in [3.8, 4) is 5.75 Å². The molecule has 17 nitrogen and oxygen atoms in total. The summed E-state index contributed by atoms with van der Waals surface area (Å²) >= 11 is 0. The number of esters is 5. The van der Waals surface area contributed by atoms with Crippen LogP contribution in [0.4, 0.5) is 0 Å². The molecule has 0 bridgehead atoms. The van der Waals surface area contributed by atoms with E-state index in [-0.39, 0.29) is 29.9 Å². The Balaban J connectivity index is 1.30. The highest BCUT2D eigenvalue weighted by Gasteiger charge is 2.58. The first-order chi connectivity index (χ1) is 32.7. The van der Waals surface area contributed by atoms with Crippen molar-refractivity contribution >= 4 is 37.9 Å². The molecule has 4 aromatic rings. The van der Waals surface area contributed by atoms with Gasteiger partial charge < -0.3 is 56.8 Å². The molecule has 11 atom stereocenters. The van der Waals surface area contributed by atoms with E-state index in [1.165, 1.54) is 26.2 Å². The van der Waals surface area contributed by atoms with Crippen LogP contribution < -0.4 is 4.74 Å². The van der Waals surface area contributed by atoms with Crippen LogP contribution in [0.1, 0.15) is 56.8 Å². The first kappa shape index (κ1) is 49.9. The Hall–Kier alpha value is -5.99. The molecule has 0 aromatic heterocycles. The van der Waals surface area contributed by atoms with Gasteiger partial charge in [0.1, 0.15) is 36.8 Å². The van der Waals surface area contributed by atoms with Crippen LogP contribution >= 0.6 is 0 Å². The molecule has 0 aliphatic carbocycles. The molecule has 362 valence electrons. The third-order valence-electron chi connectivity index (χ3n) is 11.2. The SMILES string of the molecule is COc1ccc([C@H]2OC[C@H]3O[C@H](O[C@@H]4[C@H](OC(=O)c5ccccc5)[C@@H](OC(=O)c5ccccc5)[C@H](OCC[Si](C)(C)C)O[C@@H]4COC(=O)c4ccccc4)[C@H](OC(C)=O)[C@@H](OC(C)=O)[C@H]3O2)cc1. The second-order valence-electron chi connectivity index (χ2n) is 17.5. The maximum atomic E-state index is 14.2. The Morgan fingerprint density at radius 1 is 0.588 bits per heavy atom. The van der Waals surface area contributed by atoms with Gasteiger partial charge in [-0.3, -0.25) is 9.59 Å². The molecule has 3 heterocycles. The molecule has 3 aliphatic heterocycles. The van der Waals surface area contributed by atoms with Gasteiger partial charge in [0, 0.05) is 34.1 Å². The monoisotopic (exact) mass is 956 g/mol. The molecule has 18 heteroatoms. The lowest BCUT2D eigenvalue weighted by Gasteiger charge is -2.50. The lowest BCUT2D eigenvalue weighted by molar-refractivity contribution is -0.385. The van der Waals surface area contributed by atoms with Crippen LogP contribution in [-0.4, -0.2) is 126 Å². The first-order valence-corrected chi connectivity index (χ1v) is 26.0. The van der Waals surface area contributed by atoms with Crippen molar-refractivity contribution in [1.29, 1.82) is 0 Å². The van der Waals surface area contributed by atoms with E-state index in [0.29, 0.717) is 17.4 Å². The Morgan fingerprint density at radius 3 is 1.66 bits per heavy atom. The van der Waals surface area contributed by atoms with Crippen molar-refractivity contribution in [3.63, 3.8) is 0 Å². The van der Waals surface area contributed by atoms with Gasteiger partial charge in [0.05, 0.1) is 30.4 Å². The van der Waals surface area contributed by atoms with Crippen molar-refractivity contribution < 1.29 is 80.8 Å². The summed E-state index contributed by atoms with van der Waals surface area (Å²) in [5.74, 6) is -3.30. The fraction of sp³-hybridized carbons (Fsp3) is 0.420. The number of carbonyl (C=O) groups excluding carboxylic acids is 5. The summed E-state index contributed by atoms with van der Waals surface area (Å²) in [4.78, 5) is 67.7. The normalized spacial score (nSPS) is 26.8. The summed E-state index contributed by atoms with van der Waals surface area (Å²) < 4.78 is 74.4. The van der Waals surface area contributed by atoms with Crippen LogP contribution in [0.25, 0.3) is 0 Å².